The van der Waals surface area contributed by atoms with E-state index in [0.717, 1.165) is 44.5 Å². The number of carbonyl (C=O) groups excluding carboxylic acids is 1. The number of nitrogens with zero attached hydrogens (tertiary/aromatic N) is 5. The summed E-state index contributed by atoms with van der Waals surface area (Å²) in [5.74, 6) is 1.26. The van der Waals surface area contributed by atoms with Crippen LogP contribution in [-0.4, -0.2) is 110 Å². The van der Waals surface area contributed by atoms with Gasteiger partial charge in [-0.2, -0.15) is 13.2 Å². The number of hydrogen-bond donors (Lipinski definition) is 4. The Labute approximate surface area is 240 Å². The lowest BCUT2D eigenvalue weighted by molar-refractivity contribution is -0.162. The first-order valence-electron chi connectivity index (χ1n) is 15.5. The molecule has 0 radical (unpaired) electrons. The zero-order valence-corrected chi connectivity index (χ0v) is 23.7. The Morgan fingerprint density at radius 3 is 2.61 bits per heavy atom. The summed E-state index contributed by atoms with van der Waals surface area (Å²) in [6.07, 6.45) is 7.91. The van der Waals surface area contributed by atoms with Crippen molar-refractivity contribution in [1.82, 2.24) is 31.1 Å². The van der Waals surface area contributed by atoms with Crippen molar-refractivity contribution in [3.05, 3.63) is 0 Å². The molecular weight excluding hydrogens is 535 g/mol. The summed E-state index contributed by atoms with van der Waals surface area (Å²) in [4.78, 5) is 29.9. The Kier molecular flexibility index (Phi) is 8.94. The van der Waals surface area contributed by atoms with Gasteiger partial charge in [0, 0.05) is 57.4 Å². The number of nitrogens with one attached hydrogen (secondary N) is 4. The van der Waals surface area contributed by atoms with E-state index in [0.29, 0.717) is 62.2 Å². The van der Waals surface area contributed by atoms with E-state index < -0.39 is 18.5 Å². The van der Waals surface area contributed by atoms with E-state index >= 15 is 0 Å². The highest BCUT2D eigenvalue weighted by molar-refractivity contribution is 5.94. The first-order chi connectivity index (χ1) is 19.8. The van der Waals surface area contributed by atoms with Crippen LogP contribution in [0, 0.1) is 11.8 Å². The van der Waals surface area contributed by atoms with Crippen molar-refractivity contribution in [3.63, 3.8) is 0 Å². The van der Waals surface area contributed by atoms with Gasteiger partial charge < -0.3 is 10.2 Å². The normalized spacial score (nSPS) is 37.6. The summed E-state index contributed by atoms with van der Waals surface area (Å²) in [6.45, 7) is 2.80. The number of amides is 1. The van der Waals surface area contributed by atoms with Gasteiger partial charge in [-0.05, 0) is 63.2 Å². The standard InChI is InChI=1S/C28H44F3N9O/c29-28(30,31)15-26(41)40-10-8-39(9-11-40)16-18-6-7-32-24(12-18)38-27-36-21-5-4-19(13-23(21)37-27)22-14-25(34-17-33-22)35-20-2-1-3-20/h7,17-24,27,36-38H,1-6,8-16H2,(H,33,34,35). The number of carbonyl (C=O) groups is 1. The lowest BCUT2D eigenvalue weighted by Gasteiger charge is -2.37. The van der Waals surface area contributed by atoms with Gasteiger partial charge >= 0.3 is 6.18 Å². The van der Waals surface area contributed by atoms with Crippen LogP contribution in [0.3, 0.4) is 0 Å². The molecule has 41 heavy (non-hydrogen) atoms. The van der Waals surface area contributed by atoms with Crippen molar-refractivity contribution < 1.29 is 18.0 Å². The van der Waals surface area contributed by atoms with Crippen LogP contribution in [-0.2, 0) is 4.79 Å². The Morgan fingerprint density at radius 1 is 1.05 bits per heavy atom. The Hall–Kier alpha value is -2.09. The maximum absolute atomic E-state index is 12.6. The summed E-state index contributed by atoms with van der Waals surface area (Å²) in [5.41, 5.74) is 0. The molecule has 4 fully saturated rings. The first kappa shape index (κ1) is 29.0. The van der Waals surface area contributed by atoms with Crippen LogP contribution in [0.1, 0.15) is 64.2 Å². The van der Waals surface area contributed by atoms with Gasteiger partial charge in [-0.15, -0.1) is 0 Å². The number of fused-ring (bicyclic) bond motifs is 1. The van der Waals surface area contributed by atoms with Crippen LogP contribution >= 0.6 is 0 Å². The molecule has 13 heteroatoms. The molecule has 0 aromatic carbocycles. The van der Waals surface area contributed by atoms with Crippen LogP contribution in [0.4, 0.5) is 13.2 Å². The third-order valence-electron chi connectivity index (χ3n) is 9.74. The van der Waals surface area contributed by atoms with Crippen LogP contribution in [0.5, 0.6) is 0 Å². The monoisotopic (exact) mass is 579 g/mol. The van der Waals surface area contributed by atoms with Crippen molar-refractivity contribution >= 4 is 24.3 Å². The first-order valence-corrected chi connectivity index (χ1v) is 15.5. The fraction of sp³-hybridized carbons (Fsp3) is 0.857. The second-order valence-corrected chi connectivity index (χ2v) is 12.7. The number of hydrogen-bond acceptors (Lipinski definition) is 8. The van der Waals surface area contributed by atoms with E-state index in [2.05, 4.69) is 26.2 Å². The number of alkyl halides is 3. The quantitative estimate of drug-likeness (QED) is 0.367. The number of piperazine rings is 1. The third kappa shape index (κ3) is 7.66. The molecule has 0 aromatic heterocycles. The predicted molar refractivity (Wildman–Crippen MR) is 152 cm³/mol. The topological polar surface area (TPSA) is 109 Å². The highest BCUT2D eigenvalue weighted by Crippen LogP contribution is 2.33. The van der Waals surface area contributed by atoms with Crippen molar-refractivity contribution in [2.45, 2.75) is 107 Å². The van der Waals surface area contributed by atoms with E-state index in [4.69, 9.17) is 15.0 Å². The Bertz CT molecular complexity index is 1010. The summed E-state index contributed by atoms with van der Waals surface area (Å²) in [6, 6.07) is 1.65. The SMILES string of the molecule is O=C(CC(F)(F)F)N1CCN(CC2CC=NC(NC3NC4CCC(C5CC(=NC6CCC6)NC=N5)CC4N3)C2)CC1. The zero-order valence-electron chi connectivity index (χ0n) is 23.7. The summed E-state index contributed by atoms with van der Waals surface area (Å²) in [7, 11) is 0. The van der Waals surface area contributed by atoms with Gasteiger partial charge in [0.05, 0.1) is 18.4 Å². The van der Waals surface area contributed by atoms with E-state index in [1.807, 2.05) is 12.6 Å². The van der Waals surface area contributed by atoms with Crippen LogP contribution < -0.4 is 21.3 Å². The van der Waals surface area contributed by atoms with Gasteiger partial charge in [0.15, 0.2) is 0 Å². The van der Waals surface area contributed by atoms with E-state index in [1.54, 1.807) is 0 Å². The third-order valence-corrected chi connectivity index (χ3v) is 9.74. The summed E-state index contributed by atoms with van der Waals surface area (Å²) in [5, 5.41) is 14.5. The van der Waals surface area contributed by atoms with Gasteiger partial charge in [0.25, 0.3) is 0 Å². The molecule has 2 saturated carbocycles. The lowest BCUT2D eigenvalue weighted by atomic mass is 9.78. The van der Waals surface area contributed by atoms with E-state index in [9.17, 15) is 18.0 Å². The van der Waals surface area contributed by atoms with E-state index in [1.165, 1.54) is 30.6 Å². The largest absolute Gasteiger partial charge is 0.397 e. The van der Waals surface area contributed by atoms with E-state index in [-0.39, 0.29) is 12.5 Å². The number of halogens is 3. The molecule has 10 nitrogen and oxygen atoms in total. The average molecular weight is 580 g/mol. The summed E-state index contributed by atoms with van der Waals surface area (Å²) < 4.78 is 37.7. The van der Waals surface area contributed by atoms with Crippen molar-refractivity contribution in [3.8, 4) is 0 Å². The van der Waals surface area contributed by atoms with Gasteiger partial charge in [0.1, 0.15) is 24.7 Å². The van der Waals surface area contributed by atoms with Crippen LogP contribution in [0.2, 0.25) is 0 Å². The molecule has 0 bridgehead atoms. The van der Waals surface area contributed by atoms with Gasteiger partial charge in [-0.1, -0.05) is 0 Å². The smallest absolute Gasteiger partial charge is 0.340 e. The molecule has 4 heterocycles. The lowest BCUT2D eigenvalue weighted by Crippen LogP contribution is -2.53. The fourth-order valence-electron chi connectivity index (χ4n) is 7.23. The Balaban J connectivity index is 0.927. The molecule has 4 N–H and O–H groups in total. The minimum Gasteiger partial charge on any atom is -0.340 e. The maximum atomic E-state index is 12.6. The van der Waals surface area contributed by atoms with Crippen molar-refractivity contribution in [2.75, 3.05) is 32.7 Å². The highest BCUT2D eigenvalue weighted by Gasteiger charge is 2.41. The summed E-state index contributed by atoms with van der Waals surface area (Å²) >= 11 is 0. The van der Waals surface area contributed by atoms with Crippen LogP contribution in [0.25, 0.3) is 0 Å². The second-order valence-electron chi connectivity index (χ2n) is 12.7. The van der Waals surface area contributed by atoms with Gasteiger partial charge in [-0.3, -0.25) is 40.6 Å². The molecule has 1 amide bonds. The molecule has 6 rings (SSSR count). The molecule has 7 unspecified atom stereocenters. The highest BCUT2D eigenvalue weighted by atomic mass is 19.4. The molecule has 0 aromatic rings. The molecule has 2 saturated heterocycles. The molecule has 0 spiro atoms. The molecule has 4 aliphatic heterocycles. The number of amidine groups is 1. The Morgan fingerprint density at radius 2 is 1.85 bits per heavy atom. The van der Waals surface area contributed by atoms with Gasteiger partial charge in [-0.25, -0.2) is 0 Å². The number of rotatable bonds is 7. The molecule has 7 atom stereocenters. The minimum atomic E-state index is -4.45. The molecular formula is C28H44F3N9O. The maximum Gasteiger partial charge on any atom is 0.397 e. The van der Waals surface area contributed by atoms with Crippen molar-refractivity contribution in [2.24, 2.45) is 26.8 Å². The minimum absolute atomic E-state index is 0.0140. The number of aliphatic imine (C=N–C) groups is 3. The predicted octanol–water partition coefficient (Wildman–Crippen LogP) is 1.83. The second kappa shape index (κ2) is 12.6. The van der Waals surface area contributed by atoms with Gasteiger partial charge in [0.2, 0.25) is 5.91 Å². The van der Waals surface area contributed by atoms with Crippen LogP contribution in [0.15, 0.2) is 15.0 Å². The zero-order chi connectivity index (χ0) is 28.4. The average Bonchev–Trinajstić information content (AvgIpc) is 3.32. The van der Waals surface area contributed by atoms with Crippen molar-refractivity contribution in [1.29, 1.82) is 0 Å². The molecule has 6 aliphatic rings. The molecule has 2 aliphatic carbocycles. The fourth-order valence-corrected chi connectivity index (χ4v) is 7.23. The molecule has 228 valence electrons.